The van der Waals surface area contributed by atoms with Crippen LogP contribution in [-0.2, 0) is 14.8 Å². The molecule has 0 amide bonds. The molecule has 8 heteroatoms. The Balaban J connectivity index is 2.30. The number of sulfonamides is 1. The van der Waals surface area contributed by atoms with Gasteiger partial charge in [0.1, 0.15) is 0 Å². The lowest BCUT2D eigenvalue weighted by atomic mass is 10.2. The van der Waals surface area contributed by atoms with Crippen molar-refractivity contribution in [2.45, 2.75) is 4.90 Å². The van der Waals surface area contributed by atoms with E-state index in [0.717, 1.165) is 0 Å². The largest absolute Gasteiger partial charge is 0.493 e. The monoisotopic (exact) mass is 381 g/mol. The second kappa shape index (κ2) is 8.04. The predicted molar refractivity (Wildman–Crippen MR) is 96.7 cm³/mol. The van der Waals surface area contributed by atoms with E-state index in [1.807, 2.05) is 0 Å². The van der Waals surface area contributed by atoms with Crippen molar-refractivity contribution in [1.29, 1.82) is 0 Å². The molecule has 1 N–H and O–H groups in total. The Labute approximate surface area is 151 Å². The molecule has 25 heavy (non-hydrogen) atoms. The van der Waals surface area contributed by atoms with Gasteiger partial charge >= 0.3 is 0 Å². The molecule has 2 aromatic rings. The van der Waals surface area contributed by atoms with Crippen LogP contribution in [0, 0.1) is 0 Å². The maximum atomic E-state index is 12.5. The third-order valence-corrected chi connectivity index (χ3v) is 4.72. The topological polar surface area (TPSA) is 81.7 Å². The fraction of sp³-hybridized carbons (Fsp3) is 0.118. The second-order valence-corrected chi connectivity index (χ2v) is 6.94. The molecule has 6 nitrogen and oxygen atoms in total. The summed E-state index contributed by atoms with van der Waals surface area (Å²) >= 11 is 5.25. The van der Waals surface area contributed by atoms with Crippen LogP contribution < -0.4 is 14.2 Å². The van der Waals surface area contributed by atoms with Crippen LogP contribution in [0.4, 0.5) is 5.69 Å². The molecule has 0 aromatic heterocycles. The van der Waals surface area contributed by atoms with Crippen molar-refractivity contribution in [2.24, 2.45) is 0 Å². The Morgan fingerprint density at radius 2 is 1.80 bits per heavy atom. The molecule has 2 rings (SSSR count). The summed E-state index contributed by atoms with van der Waals surface area (Å²) in [6, 6.07) is 10.8. The quantitative estimate of drug-likeness (QED) is 0.588. The Morgan fingerprint density at radius 1 is 1.08 bits per heavy atom. The van der Waals surface area contributed by atoms with Gasteiger partial charge in [-0.05, 0) is 47.5 Å². The zero-order chi connectivity index (χ0) is 18.4. The van der Waals surface area contributed by atoms with Crippen LogP contribution in [0.15, 0.2) is 53.4 Å². The predicted octanol–water partition coefficient (Wildman–Crippen LogP) is 3.28. The van der Waals surface area contributed by atoms with Gasteiger partial charge in [-0.25, -0.2) is 8.42 Å². The van der Waals surface area contributed by atoms with E-state index >= 15 is 0 Å². The van der Waals surface area contributed by atoms with Crippen molar-refractivity contribution in [2.75, 3.05) is 18.9 Å². The molecule has 0 heterocycles. The van der Waals surface area contributed by atoms with Gasteiger partial charge in [0, 0.05) is 11.8 Å². The van der Waals surface area contributed by atoms with Crippen molar-refractivity contribution in [3.8, 4) is 11.5 Å². The van der Waals surface area contributed by atoms with Gasteiger partial charge in [0.2, 0.25) is 5.24 Å². The fourth-order valence-corrected chi connectivity index (χ4v) is 3.19. The van der Waals surface area contributed by atoms with Crippen LogP contribution >= 0.6 is 11.6 Å². The maximum Gasteiger partial charge on any atom is 0.262 e. The average Bonchev–Trinajstić information content (AvgIpc) is 2.59. The highest BCUT2D eigenvalue weighted by Crippen LogP contribution is 2.30. The number of ether oxygens (including phenoxy) is 2. The molecular formula is C17H16ClNO5S. The first kappa shape index (κ1) is 18.8. The Hall–Kier alpha value is -2.51. The summed E-state index contributed by atoms with van der Waals surface area (Å²) < 4.78 is 37.8. The summed E-state index contributed by atoms with van der Waals surface area (Å²) in [4.78, 5) is 10.8. The van der Waals surface area contributed by atoms with Gasteiger partial charge in [0.25, 0.3) is 10.0 Å². The summed E-state index contributed by atoms with van der Waals surface area (Å²) in [7, 11) is -0.928. The molecule has 0 aliphatic carbocycles. The van der Waals surface area contributed by atoms with E-state index in [1.54, 1.807) is 24.3 Å². The first-order valence-electron chi connectivity index (χ1n) is 7.08. The summed E-state index contributed by atoms with van der Waals surface area (Å²) in [6.07, 6.45) is 2.67. The third-order valence-electron chi connectivity index (χ3n) is 3.21. The van der Waals surface area contributed by atoms with Crippen molar-refractivity contribution in [3.63, 3.8) is 0 Å². The van der Waals surface area contributed by atoms with Gasteiger partial charge < -0.3 is 9.47 Å². The molecule has 0 aliphatic heterocycles. The van der Waals surface area contributed by atoms with Gasteiger partial charge in [-0.1, -0.05) is 18.2 Å². The van der Waals surface area contributed by atoms with Crippen molar-refractivity contribution >= 4 is 38.6 Å². The number of carbonyl (C=O) groups excluding carboxylic acids is 1. The van der Waals surface area contributed by atoms with Gasteiger partial charge in [-0.15, -0.1) is 0 Å². The minimum Gasteiger partial charge on any atom is -0.493 e. The van der Waals surface area contributed by atoms with Crippen LogP contribution in [0.2, 0.25) is 0 Å². The first-order valence-corrected chi connectivity index (χ1v) is 8.94. The van der Waals surface area contributed by atoms with Gasteiger partial charge in [-0.3, -0.25) is 9.52 Å². The first-order chi connectivity index (χ1) is 11.9. The third kappa shape index (κ3) is 4.98. The Kier molecular flexibility index (Phi) is 6.06. The number of carbonyl (C=O) groups is 1. The number of anilines is 1. The number of halogens is 1. The molecule has 0 unspecified atom stereocenters. The smallest absolute Gasteiger partial charge is 0.262 e. The molecule has 0 fully saturated rings. The summed E-state index contributed by atoms with van der Waals surface area (Å²) in [5, 5.41) is -0.615. The molecule has 0 saturated carbocycles. The van der Waals surface area contributed by atoms with Gasteiger partial charge in [-0.2, -0.15) is 0 Å². The molecule has 0 saturated heterocycles. The van der Waals surface area contributed by atoms with Crippen molar-refractivity contribution in [3.05, 3.63) is 54.1 Å². The number of rotatable bonds is 7. The maximum absolute atomic E-state index is 12.5. The van der Waals surface area contributed by atoms with Gasteiger partial charge in [0.15, 0.2) is 11.5 Å². The average molecular weight is 382 g/mol. The minimum absolute atomic E-state index is 0.0297. The molecule has 0 spiro atoms. The molecule has 132 valence electrons. The molecule has 0 aliphatic rings. The number of benzene rings is 2. The van der Waals surface area contributed by atoms with E-state index in [2.05, 4.69) is 4.72 Å². The zero-order valence-electron chi connectivity index (χ0n) is 13.5. The summed E-state index contributed by atoms with van der Waals surface area (Å²) in [5.41, 5.74) is 0.973. The standard InChI is InChI=1S/C17H16ClNO5S/c1-23-15-8-7-14(11-16(15)24-2)25(21,22)19-13-5-3-4-12(10-13)6-9-17(18)20/h3-11,19H,1-2H3. The van der Waals surface area contributed by atoms with Crippen LogP contribution in [0.25, 0.3) is 6.08 Å². The normalized spacial score (nSPS) is 11.3. The molecule has 0 atom stereocenters. The molecular weight excluding hydrogens is 366 g/mol. The van der Waals surface area contributed by atoms with Crippen LogP contribution in [0.1, 0.15) is 5.56 Å². The second-order valence-electron chi connectivity index (χ2n) is 4.89. The lowest BCUT2D eigenvalue weighted by Crippen LogP contribution is -2.13. The molecule has 0 bridgehead atoms. The van der Waals surface area contributed by atoms with Crippen LogP contribution in [0.3, 0.4) is 0 Å². The molecule has 0 radical (unpaired) electrons. The van der Waals surface area contributed by atoms with E-state index in [4.69, 9.17) is 21.1 Å². The minimum atomic E-state index is -3.82. The van der Waals surface area contributed by atoms with Crippen LogP contribution in [-0.4, -0.2) is 27.9 Å². The van der Waals surface area contributed by atoms with E-state index < -0.39 is 15.3 Å². The number of methoxy groups -OCH3 is 2. The molecule has 2 aromatic carbocycles. The lowest BCUT2D eigenvalue weighted by Gasteiger charge is -2.12. The number of allylic oxidation sites excluding steroid dienone is 1. The highest BCUT2D eigenvalue weighted by Gasteiger charge is 2.17. The Bertz CT molecular complexity index is 909. The highest BCUT2D eigenvalue weighted by molar-refractivity contribution is 7.92. The van der Waals surface area contributed by atoms with E-state index in [-0.39, 0.29) is 4.90 Å². The fourth-order valence-electron chi connectivity index (χ4n) is 2.07. The zero-order valence-corrected chi connectivity index (χ0v) is 15.1. The number of nitrogens with one attached hydrogen (secondary N) is 1. The van der Waals surface area contributed by atoms with E-state index in [1.165, 1.54) is 44.6 Å². The summed E-state index contributed by atoms with van der Waals surface area (Å²) in [5.74, 6) is 0.738. The Morgan fingerprint density at radius 3 is 2.44 bits per heavy atom. The number of hydrogen-bond acceptors (Lipinski definition) is 5. The highest BCUT2D eigenvalue weighted by atomic mass is 35.5. The lowest BCUT2D eigenvalue weighted by molar-refractivity contribution is -0.107. The van der Waals surface area contributed by atoms with Crippen LogP contribution in [0.5, 0.6) is 11.5 Å². The van der Waals surface area contributed by atoms with E-state index in [0.29, 0.717) is 22.7 Å². The SMILES string of the molecule is COc1ccc(S(=O)(=O)Nc2cccc(C=CC(=O)Cl)c2)cc1OC. The summed E-state index contributed by atoms with van der Waals surface area (Å²) in [6.45, 7) is 0. The van der Waals surface area contributed by atoms with Crippen molar-refractivity contribution < 1.29 is 22.7 Å². The number of hydrogen-bond donors (Lipinski definition) is 1. The van der Waals surface area contributed by atoms with Gasteiger partial charge in [0.05, 0.1) is 19.1 Å². The van der Waals surface area contributed by atoms with Crippen molar-refractivity contribution in [1.82, 2.24) is 0 Å². The van der Waals surface area contributed by atoms with E-state index in [9.17, 15) is 13.2 Å².